The highest BCUT2D eigenvalue weighted by molar-refractivity contribution is 8.00. The molecule has 0 saturated carbocycles. The molecule has 1 atom stereocenters. The van der Waals surface area contributed by atoms with Gasteiger partial charge in [-0.3, -0.25) is 0 Å². The summed E-state index contributed by atoms with van der Waals surface area (Å²) in [6, 6.07) is 18.8. The van der Waals surface area contributed by atoms with Gasteiger partial charge < -0.3 is 4.74 Å². The smallest absolute Gasteiger partial charge is 0.119 e. The quantitative estimate of drug-likeness (QED) is 0.261. The van der Waals surface area contributed by atoms with Gasteiger partial charge in [-0.1, -0.05) is 56.2 Å². The van der Waals surface area contributed by atoms with Crippen LogP contribution in [0.25, 0.3) is 11.1 Å². The van der Waals surface area contributed by atoms with Gasteiger partial charge in [0, 0.05) is 4.90 Å². The molecule has 0 amide bonds. The van der Waals surface area contributed by atoms with Crippen LogP contribution < -0.4 is 4.74 Å². The Morgan fingerprint density at radius 3 is 2.23 bits per heavy atom. The number of allylic oxidation sites excluding steroid dienone is 1. The normalized spacial score (nSPS) is 12.0. The van der Waals surface area contributed by atoms with Gasteiger partial charge in [-0.25, -0.2) is 0 Å². The molecule has 3 heteroatoms. The van der Waals surface area contributed by atoms with E-state index in [1.165, 1.54) is 24.0 Å². The van der Waals surface area contributed by atoms with Crippen LogP contribution in [0.4, 0.5) is 0 Å². The second kappa shape index (κ2) is 11.4. The lowest BCUT2D eigenvalue weighted by molar-refractivity contribution is 0.325. The van der Waals surface area contributed by atoms with Crippen molar-refractivity contribution in [2.75, 3.05) is 6.61 Å². The highest BCUT2D eigenvalue weighted by Crippen LogP contribution is 2.27. The predicted octanol–water partition coefficient (Wildman–Crippen LogP) is 6.87. The van der Waals surface area contributed by atoms with Gasteiger partial charge in [0.05, 0.1) is 17.9 Å². The van der Waals surface area contributed by atoms with Crippen LogP contribution in [0.5, 0.6) is 5.75 Å². The number of nitrogens with zero attached hydrogens (tertiary/aromatic N) is 1. The number of thioether (sulfide) groups is 1. The number of rotatable bonds is 10. The van der Waals surface area contributed by atoms with Crippen molar-refractivity contribution in [1.29, 1.82) is 5.26 Å². The Hall–Kier alpha value is -2.18. The number of benzene rings is 2. The minimum absolute atomic E-state index is 0.0289. The van der Waals surface area contributed by atoms with Gasteiger partial charge in [-0.15, -0.1) is 11.8 Å². The van der Waals surface area contributed by atoms with Crippen LogP contribution in [-0.4, -0.2) is 11.9 Å². The monoisotopic (exact) mass is 365 g/mol. The van der Waals surface area contributed by atoms with Gasteiger partial charge in [-0.05, 0) is 55.2 Å². The molecular formula is C23H27NOS. The molecule has 26 heavy (non-hydrogen) atoms. The lowest BCUT2D eigenvalue weighted by Crippen LogP contribution is -1.95. The van der Waals surface area contributed by atoms with E-state index < -0.39 is 0 Å². The van der Waals surface area contributed by atoms with Crippen LogP contribution in [0.2, 0.25) is 0 Å². The number of hydrogen-bond donors (Lipinski definition) is 0. The van der Waals surface area contributed by atoms with E-state index >= 15 is 0 Å². The molecule has 136 valence electrons. The van der Waals surface area contributed by atoms with E-state index in [4.69, 9.17) is 10.00 Å². The van der Waals surface area contributed by atoms with Crippen molar-refractivity contribution < 1.29 is 4.74 Å². The summed E-state index contributed by atoms with van der Waals surface area (Å²) in [6.45, 7) is 4.84. The molecule has 0 aliphatic rings. The summed E-state index contributed by atoms with van der Waals surface area (Å²) < 4.78 is 5.79. The molecule has 2 nitrogen and oxygen atoms in total. The fraction of sp³-hybridized carbons (Fsp3) is 0.348. The van der Waals surface area contributed by atoms with Crippen molar-refractivity contribution >= 4 is 11.8 Å². The number of unbranched alkanes of at least 4 members (excludes halogenated alkanes) is 2. The Balaban J connectivity index is 1.83. The van der Waals surface area contributed by atoms with Crippen LogP contribution >= 0.6 is 11.8 Å². The summed E-state index contributed by atoms with van der Waals surface area (Å²) in [5.41, 5.74) is 2.34. The summed E-state index contributed by atoms with van der Waals surface area (Å²) in [5, 5.41) is 8.87. The molecule has 0 N–H and O–H groups in total. The minimum Gasteiger partial charge on any atom is -0.493 e. The molecule has 0 aromatic heterocycles. The maximum absolute atomic E-state index is 8.89. The number of ether oxygens (including phenoxy) is 1. The van der Waals surface area contributed by atoms with Crippen molar-refractivity contribution in [3.05, 3.63) is 60.7 Å². The Morgan fingerprint density at radius 1 is 1.00 bits per heavy atom. The number of nitriles is 1. The Bertz CT molecular complexity index is 713. The van der Waals surface area contributed by atoms with E-state index in [2.05, 4.69) is 61.5 Å². The largest absolute Gasteiger partial charge is 0.493 e. The van der Waals surface area contributed by atoms with E-state index in [-0.39, 0.29) is 5.25 Å². The third kappa shape index (κ3) is 6.98. The maximum atomic E-state index is 8.89. The standard InChI is InChI=1S/C23H27NOS/c1-3-4-5-6-7-8-17-25-22-13-9-20(10-14-22)21-11-15-23(16-12-21)26-19(2)18-24/h6-7,9-16,19H,3-5,8,17H2,1-2H3/t19-/m1/s1. The summed E-state index contributed by atoms with van der Waals surface area (Å²) >= 11 is 1.58. The second-order valence-corrected chi connectivity index (χ2v) is 7.60. The highest BCUT2D eigenvalue weighted by Gasteiger charge is 2.03. The van der Waals surface area contributed by atoms with Gasteiger partial charge >= 0.3 is 0 Å². The van der Waals surface area contributed by atoms with E-state index in [0.717, 1.165) is 23.5 Å². The Kier molecular flexibility index (Phi) is 8.86. The van der Waals surface area contributed by atoms with Gasteiger partial charge in [0.1, 0.15) is 5.75 Å². The lowest BCUT2D eigenvalue weighted by Gasteiger charge is -2.08. The average Bonchev–Trinajstić information content (AvgIpc) is 2.68. The van der Waals surface area contributed by atoms with E-state index in [1.807, 2.05) is 19.1 Å². The first-order valence-corrected chi connectivity index (χ1v) is 10.2. The van der Waals surface area contributed by atoms with Gasteiger partial charge in [0.2, 0.25) is 0 Å². The molecule has 0 radical (unpaired) electrons. The molecule has 0 aliphatic carbocycles. The molecule has 2 aromatic carbocycles. The first kappa shape index (κ1) is 20.1. The fourth-order valence-corrected chi connectivity index (χ4v) is 3.26. The summed E-state index contributed by atoms with van der Waals surface area (Å²) in [5.74, 6) is 0.908. The first-order valence-electron chi connectivity index (χ1n) is 9.27. The predicted molar refractivity (Wildman–Crippen MR) is 112 cm³/mol. The van der Waals surface area contributed by atoms with Crippen molar-refractivity contribution in [2.24, 2.45) is 0 Å². The Labute approximate surface area is 161 Å². The fourth-order valence-electron chi connectivity index (χ4n) is 2.50. The topological polar surface area (TPSA) is 33.0 Å². The first-order chi connectivity index (χ1) is 12.7. The SMILES string of the molecule is CCCCC=CCCOc1ccc(-c2ccc(S[C@H](C)C#N)cc2)cc1. The van der Waals surface area contributed by atoms with Crippen molar-refractivity contribution in [1.82, 2.24) is 0 Å². The molecule has 0 bridgehead atoms. The van der Waals surface area contributed by atoms with Crippen LogP contribution in [0.3, 0.4) is 0 Å². The summed E-state index contributed by atoms with van der Waals surface area (Å²) in [7, 11) is 0. The average molecular weight is 366 g/mol. The van der Waals surface area contributed by atoms with E-state index in [1.54, 1.807) is 11.8 Å². The third-order valence-corrected chi connectivity index (χ3v) is 4.98. The highest BCUT2D eigenvalue weighted by atomic mass is 32.2. The molecule has 2 rings (SSSR count). The molecule has 0 saturated heterocycles. The summed E-state index contributed by atoms with van der Waals surface area (Å²) in [6.07, 6.45) is 9.07. The third-order valence-electron chi connectivity index (χ3n) is 3.98. The van der Waals surface area contributed by atoms with Gasteiger partial charge in [-0.2, -0.15) is 5.26 Å². The van der Waals surface area contributed by atoms with Crippen molar-refractivity contribution in [3.63, 3.8) is 0 Å². The molecule has 0 aliphatic heterocycles. The molecule has 0 fully saturated rings. The number of hydrogen-bond acceptors (Lipinski definition) is 3. The van der Waals surface area contributed by atoms with Gasteiger partial charge in [0.15, 0.2) is 0 Å². The van der Waals surface area contributed by atoms with Crippen molar-refractivity contribution in [3.8, 4) is 22.9 Å². The molecule has 0 unspecified atom stereocenters. The van der Waals surface area contributed by atoms with Gasteiger partial charge in [0.25, 0.3) is 0 Å². The summed E-state index contributed by atoms with van der Waals surface area (Å²) in [4.78, 5) is 1.12. The second-order valence-electron chi connectivity index (χ2n) is 6.19. The van der Waals surface area contributed by atoms with Crippen LogP contribution in [0.15, 0.2) is 65.6 Å². The van der Waals surface area contributed by atoms with Crippen LogP contribution in [-0.2, 0) is 0 Å². The zero-order chi connectivity index (χ0) is 18.6. The minimum atomic E-state index is -0.0289. The van der Waals surface area contributed by atoms with Crippen LogP contribution in [0.1, 0.15) is 39.5 Å². The lowest BCUT2D eigenvalue weighted by atomic mass is 10.1. The van der Waals surface area contributed by atoms with E-state index in [0.29, 0.717) is 6.61 Å². The Morgan fingerprint density at radius 2 is 1.62 bits per heavy atom. The maximum Gasteiger partial charge on any atom is 0.119 e. The molecule has 2 aromatic rings. The zero-order valence-corrected chi connectivity index (χ0v) is 16.5. The molecule has 0 spiro atoms. The van der Waals surface area contributed by atoms with Crippen molar-refractivity contribution in [2.45, 2.75) is 49.7 Å². The molecule has 0 heterocycles. The van der Waals surface area contributed by atoms with Crippen LogP contribution in [0, 0.1) is 11.3 Å². The van der Waals surface area contributed by atoms with E-state index in [9.17, 15) is 0 Å². The zero-order valence-electron chi connectivity index (χ0n) is 15.7. The molecular weight excluding hydrogens is 338 g/mol.